The number of fused-ring (bicyclic) bond motifs is 1. The van der Waals surface area contributed by atoms with Gasteiger partial charge in [0.2, 0.25) is 5.91 Å². The number of halogens is 1. The average molecular weight is 364 g/mol. The summed E-state index contributed by atoms with van der Waals surface area (Å²) in [6.45, 7) is 1.84. The van der Waals surface area contributed by atoms with Crippen LogP contribution in [0.5, 0.6) is 0 Å². The molecule has 0 radical (unpaired) electrons. The van der Waals surface area contributed by atoms with Crippen LogP contribution >= 0.6 is 15.9 Å². The highest BCUT2D eigenvalue weighted by Crippen LogP contribution is 2.35. The molecule has 6 nitrogen and oxygen atoms in total. The number of aromatic nitrogens is 2. The summed E-state index contributed by atoms with van der Waals surface area (Å²) in [4.78, 5) is 24.5. The number of ether oxygens (including phenoxy) is 1. The minimum Gasteiger partial charge on any atom is -0.468 e. The Kier molecular flexibility index (Phi) is 3.74. The summed E-state index contributed by atoms with van der Waals surface area (Å²) in [6.07, 6.45) is 0. The van der Waals surface area contributed by atoms with Gasteiger partial charge in [0.1, 0.15) is 11.9 Å². The molecule has 3 rings (SSSR count). The predicted molar refractivity (Wildman–Crippen MR) is 83.4 cm³/mol. The maximum Gasteiger partial charge on any atom is 0.320 e. The summed E-state index contributed by atoms with van der Waals surface area (Å²) in [5.74, 6) is -1.36. The fraction of sp³-hybridized carbons (Fsp3) is 0.267. The van der Waals surface area contributed by atoms with E-state index in [4.69, 9.17) is 4.74 Å². The molecule has 1 aliphatic heterocycles. The number of benzene rings is 1. The number of methoxy groups -OCH3 is 1. The van der Waals surface area contributed by atoms with E-state index < -0.39 is 17.9 Å². The number of amides is 1. The van der Waals surface area contributed by atoms with Gasteiger partial charge in [0, 0.05) is 10.5 Å². The monoisotopic (exact) mass is 363 g/mol. The van der Waals surface area contributed by atoms with Crippen LogP contribution in [-0.4, -0.2) is 28.8 Å². The van der Waals surface area contributed by atoms with Crippen molar-refractivity contribution < 1.29 is 14.3 Å². The quantitative estimate of drug-likeness (QED) is 0.656. The SMILES string of the molecule is COC(=O)C1C(=O)Nc2cc(C)nn2C1c1ccc(Br)cc1. The Labute approximate surface area is 135 Å². The molecule has 0 aliphatic carbocycles. The van der Waals surface area contributed by atoms with Gasteiger partial charge in [0.15, 0.2) is 5.92 Å². The molecular formula is C15H14BrN3O3. The van der Waals surface area contributed by atoms with Crippen molar-refractivity contribution in [3.63, 3.8) is 0 Å². The highest BCUT2D eigenvalue weighted by Gasteiger charge is 2.43. The van der Waals surface area contributed by atoms with Crippen molar-refractivity contribution in [2.75, 3.05) is 12.4 Å². The number of carbonyl (C=O) groups excluding carboxylic acids is 2. The molecule has 7 heteroatoms. The van der Waals surface area contributed by atoms with Crippen LogP contribution in [0.3, 0.4) is 0 Å². The lowest BCUT2D eigenvalue weighted by atomic mass is 9.90. The Morgan fingerprint density at radius 2 is 2.05 bits per heavy atom. The standard InChI is InChI=1S/C15H14BrN3O3/c1-8-7-11-17-14(20)12(15(21)22-2)13(19(11)18-8)9-3-5-10(16)6-4-9/h3-7,12-13H,1-2H3,(H,17,20). The van der Waals surface area contributed by atoms with Crippen LogP contribution < -0.4 is 5.32 Å². The first kappa shape index (κ1) is 14.8. The Morgan fingerprint density at radius 1 is 1.36 bits per heavy atom. The summed E-state index contributed by atoms with van der Waals surface area (Å²) in [5.41, 5.74) is 1.58. The number of rotatable bonds is 2. The van der Waals surface area contributed by atoms with Crippen LogP contribution in [0.1, 0.15) is 17.3 Å². The predicted octanol–water partition coefficient (Wildman–Crippen LogP) is 2.28. The third kappa shape index (κ3) is 2.41. The van der Waals surface area contributed by atoms with E-state index in [1.807, 2.05) is 31.2 Å². The smallest absolute Gasteiger partial charge is 0.320 e. The highest BCUT2D eigenvalue weighted by molar-refractivity contribution is 9.10. The number of nitrogens with zero attached hydrogens (tertiary/aromatic N) is 2. The third-order valence-electron chi connectivity index (χ3n) is 3.64. The summed E-state index contributed by atoms with van der Waals surface area (Å²) >= 11 is 3.38. The summed E-state index contributed by atoms with van der Waals surface area (Å²) < 4.78 is 7.39. The van der Waals surface area contributed by atoms with Crippen LogP contribution in [0, 0.1) is 12.8 Å². The normalized spacial score (nSPS) is 20.2. The van der Waals surface area contributed by atoms with Gasteiger partial charge in [0.05, 0.1) is 12.8 Å². The van der Waals surface area contributed by atoms with Gasteiger partial charge < -0.3 is 10.1 Å². The number of nitrogens with one attached hydrogen (secondary N) is 1. The van der Waals surface area contributed by atoms with Crippen molar-refractivity contribution in [3.05, 3.63) is 46.1 Å². The van der Waals surface area contributed by atoms with Gasteiger partial charge in [-0.15, -0.1) is 0 Å². The first-order valence-corrected chi connectivity index (χ1v) is 7.51. The largest absolute Gasteiger partial charge is 0.468 e. The molecule has 22 heavy (non-hydrogen) atoms. The number of aryl methyl sites for hydroxylation is 1. The molecule has 0 fully saturated rings. The first-order chi connectivity index (χ1) is 10.5. The Morgan fingerprint density at radius 3 is 2.68 bits per heavy atom. The van der Waals surface area contributed by atoms with Gasteiger partial charge in [-0.1, -0.05) is 28.1 Å². The lowest BCUT2D eigenvalue weighted by Crippen LogP contribution is -2.43. The fourth-order valence-corrected chi connectivity index (χ4v) is 2.93. The second-order valence-corrected chi connectivity index (χ2v) is 6.02. The Hall–Kier alpha value is -2.15. The molecule has 1 amide bonds. The van der Waals surface area contributed by atoms with Crippen LogP contribution in [0.15, 0.2) is 34.8 Å². The van der Waals surface area contributed by atoms with Crippen molar-refractivity contribution in [1.82, 2.24) is 9.78 Å². The van der Waals surface area contributed by atoms with E-state index >= 15 is 0 Å². The number of hydrogen-bond acceptors (Lipinski definition) is 4. The molecule has 1 aliphatic rings. The van der Waals surface area contributed by atoms with Crippen molar-refractivity contribution >= 4 is 33.6 Å². The number of hydrogen-bond donors (Lipinski definition) is 1. The second-order valence-electron chi connectivity index (χ2n) is 5.10. The van der Waals surface area contributed by atoms with Crippen LogP contribution in [0.4, 0.5) is 5.82 Å². The van der Waals surface area contributed by atoms with E-state index in [1.165, 1.54) is 7.11 Å². The molecule has 2 aromatic rings. The molecule has 1 N–H and O–H groups in total. The number of esters is 1. The van der Waals surface area contributed by atoms with Crippen molar-refractivity contribution in [2.45, 2.75) is 13.0 Å². The van der Waals surface area contributed by atoms with Crippen LogP contribution in [-0.2, 0) is 14.3 Å². The minimum absolute atomic E-state index is 0.382. The second kappa shape index (κ2) is 5.57. The summed E-state index contributed by atoms with van der Waals surface area (Å²) in [7, 11) is 1.28. The first-order valence-electron chi connectivity index (χ1n) is 6.71. The molecule has 1 aromatic carbocycles. The Balaban J connectivity index is 2.16. The third-order valence-corrected chi connectivity index (χ3v) is 4.17. The highest BCUT2D eigenvalue weighted by atomic mass is 79.9. The van der Waals surface area contributed by atoms with Gasteiger partial charge in [-0.25, -0.2) is 4.68 Å². The zero-order chi connectivity index (χ0) is 15.9. The van der Waals surface area contributed by atoms with Crippen molar-refractivity contribution in [3.8, 4) is 0 Å². The van der Waals surface area contributed by atoms with Gasteiger partial charge in [-0.05, 0) is 24.6 Å². The van der Waals surface area contributed by atoms with Crippen LogP contribution in [0.25, 0.3) is 0 Å². The maximum atomic E-state index is 12.4. The zero-order valence-electron chi connectivity index (χ0n) is 12.0. The topological polar surface area (TPSA) is 73.2 Å². The number of anilines is 1. The van der Waals surface area contributed by atoms with E-state index in [0.717, 1.165) is 15.7 Å². The van der Waals surface area contributed by atoms with Gasteiger partial charge in [0.25, 0.3) is 0 Å². The molecule has 0 spiro atoms. The van der Waals surface area contributed by atoms with Gasteiger partial charge in [-0.2, -0.15) is 5.10 Å². The fourth-order valence-electron chi connectivity index (χ4n) is 2.67. The molecule has 0 saturated heterocycles. The molecule has 2 unspecified atom stereocenters. The number of carbonyl (C=O) groups is 2. The molecule has 0 bridgehead atoms. The molecule has 2 atom stereocenters. The molecule has 114 valence electrons. The summed E-state index contributed by atoms with van der Waals surface area (Å²) in [5, 5.41) is 7.12. The lowest BCUT2D eigenvalue weighted by molar-refractivity contribution is -0.150. The molecule has 2 heterocycles. The van der Waals surface area contributed by atoms with E-state index in [2.05, 4.69) is 26.3 Å². The molecule has 1 aromatic heterocycles. The van der Waals surface area contributed by atoms with E-state index in [1.54, 1.807) is 10.7 Å². The average Bonchev–Trinajstić information content (AvgIpc) is 2.86. The van der Waals surface area contributed by atoms with E-state index in [0.29, 0.717) is 5.82 Å². The Bertz CT molecular complexity index is 739. The van der Waals surface area contributed by atoms with Gasteiger partial charge in [-0.3, -0.25) is 9.59 Å². The maximum absolute atomic E-state index is 12.4. The minimum atomic E-state index is -0.974. The zero-order valence-corrected chi connectivity index (χ0v) is 13.6. The van der Waals surface area contributed by atoms with Gasteiger partial charge >= 0.3 is 5.97 Å². The van der Waals surface area contributed by atoms with Crippen LogP contribution in [0.2, 0.25) is 0 Å². The summed E-state index contributed by atoms with van der Waals surface area (Å²) in [6, 6.07) is 8.71. The molecule has 0 saturated carbocycles. The van der Waals surface area contributed by atoms with E-state index in [9.17, 15) is 9.59 Å². The lowest BCUT2D eigenvalue weighted by Gasteiger charge is -2.30. The van der Waals surface area contributed by atoms with Crippen molar-refractivity contribution in [2.24, 2.45) is 5.92 Å². The van der Waals surface area contributed by atoms with E-state index in [-0.39, 0.29) is 5.91 Å². The van der Waals surface area contributed by atoms with Crippen molar-refractivity contribution in [1.29, 1.82) is 0 Å². The molecular weight excluding hydrogens is 350 g/mol.